The van der Waals surface area contributed by atoms with E-state index < -0.39 is 0 Å². The predicted molar refractivity (Wildman–Crippen MR) is 151 cm³/mol. The highest BCUT2D eigenvalue weighted by molar-refractivity contribution is 6.01. The highest BCUT2D eigenvalue weighted by Crippen LogP contribution is 2.39. The van der Waals surface area contributed by atoms with Crippen molar-refractivity contribution >= 4 is 27.6 Å². The van der Waals surface area contributed by atoms with Crippen LogP contribution in [-0.2, 0) is 6.42 Å². The number of nitrogens with one attached hydrogen (secondary N) is 3. The minimum absolute atomic E-state index is 0.136. The highest BCUT2D eigenvalue weighted by Gasteiger charge is 2.35. The lowest BCUT2D eigenvalue weighted by molar-refractivity contribution is 0.0976. The first-order valence-corrected chi connectivity index (χ1v) is 13.5. The fourth-order valence-electron chi connectivity index (χ4n) is 6.40. The summed E-state index contributed by atoms with van der Waals surface area (Å²) in [7, 11) is 0. The van der Waals surface area contributed by atoms with Gasteiger partial charge < -0.3 is 20.2 Å². The molecule has 6 nitrogen and oxygen atoms in total. The number of fused-ring (bicyclic) bond motifs is 5. The SMILES string of the molecule is CCc1ccccc1-c1ccc2[nH]c(=O)c(-c3nc4ccccc4[nH]3)c(N[C@H]3CN4CCC3CC4)c2c1F. The molecule has 0 spiro atoms. The average Bonchev–Trinajstić information content (AvgIpc) is 3.37. The number of hydrogen-bond acceptors (Lipinski definition) is 4. The monoisotopic (exact) mass is 507 g/mol. The van der Waals surface area contributed by atoms with Crippen LogP contribution in [0.2, 0.25) is 0 Å². The van der Waals surface area contributed by atoms with Crippen molar-refractivity contribution in [1.29, 1.82) is 0 Å². The molecule has 0 saturated carbocycles. The molecule has 192 valence electrons. The van der Waals surface area contributed by atoms with Gasteiger partial charge in [-0.2, -0.15) is 0 Å². The minimum atomic E-state index is -0.333. The number of aromatic amines is 2. The number of pyridine rings is 1. The van der Waals surface area contributed by atoms with Gasteiger partial charge in [-0.1, -0.05) is 43.3 Å². The Morgan fingerprint density at radius 3 is 2.53 bits per heavy atom. The first kappa shape index (κ1) is 23.2. The maximum atomic E-state index is 16.7. The molecule has 2 bridgehead atoms. The van der Waals surface area contributed by atoms with Crippen molar-refractivity contribution in [3.63, 3.8) is 0 Å². The van der Waals surface area contributed by atoms with Gasteiger partial charge in [0.05, 0.1) is 27.6 Å². The second-order valence-electron chi connectivity index (χ2n) is 10.6. The molecule has 3 N–H and O–H groups in total. The minimum Gasteiger partial charge on any atom is -0.379 e. The third kappa shape index (κ3) is 3.72. The first-order chi connectivity index (χ1) is 18.6. The number of nitrogens with zero attached hydrogens (tertiary/aromatic N) is 2. The number of piperidine rings is 3. The van der Waals surface area contributed by atoms with Gasteiger partial charge in [0.15, 0.2) is 0 Å². The second-order valence-corrected chi connectivity index (χ2v) is 10.6. The summed E-state index contributed by atoms with van der Waals surface area (Å²) in [5.41, 5.74) is 5.16. The van der Waals surface area contributed by atoms with Crippen LogP contribution in [0, 0.1) is 11.7 Å². The summed E-state index contributed by atoms with van der Waals surface area (Å²) in [6.45, 7) is 5.16. The van der Waals surface area contributed by atoms with E-state index in [2.05, 4.69) is 27.1 Å². The summed E-state index contributed by atoms with van der Waals surface area (Å²) >= 11 is 0. The van der Waals surface area contributed by atoms with E-state index in [-0.39, 0.29) is 17.4 Å². The van der Waals surface area contributed by atoms with Gasteiger partial charge in [-0.05, 0) is 73.7 Å². The van der Waals surface area contributed by atoms with Gasteiger partial charge in [0, 0.05) is 18.2 Å². The van der Waals surface area contributed by atoms with Crippen molar-refractivity contribution in [3.05, 3.63) is 82.4 Å². The Morgan fingerprint density at radius 1 is 0.974 bits per heavy atom. The molecular formula is C31H30FN5O. The van der Waals surface area contributed by atoms with Crippen LogP contribution in [0.3, 0.4) is 0 Å². The number of benzene rings is 3. The van der Waals surface area contributed by atoms with Crippen LogP contribution in [0.15, 0.2) is 65.5 Å². The molecule has 3 fully saturated rings. The molecule has 7 heteroatoms. The standard InChI is InChI=1S/C31H30FN5O/c1-2-18-7-3-4-8-20(18)21-11-12-24-26(28(21)32)29(33-25-17-37-15-13-19(25)14-16-37)27(31(38)36-24)30-34-22-9-5-6-10-23(22)35-30/h3-12,19,25H,2,13-17H2,1H3,(H,34,35)(H2,33,36,38)/t25-/m0/s1. The van der Waals surface area contributed by atoms with Crippen molar-refractivity contribution in [2.24, 2.45) is 5.92 Å². The van der Waals surface area contributed by atoms with E-state index in [0.29, 0.717) is 39.5 Å². The smallest absolute Gasteiger partial charge is 0.261 e. The van der Waals surface area contributed by atoms with E-state index >= 15 is 4.39 Å². The van der Waals surface area contributed by atoms with E-state index in [0.717, 1.165) is 61.1 Å². The van der Waals surface area contributed by atoms with Gasteiger partial charge >= 0.3 is 0 Å². The normalized spacial score (nSPS) is 20.8. The third-order valence-corrected chi connectivity index (χ3v) is 8.42. The second kappa shape index (κ2) is 9.10. The molecule has 2 aromatic heterocycles. The van der Waals surface area contributed by atoms with Gasteiger partial charge in [0.25, 0.3) is 5.56 Å². The number of aryl methyl sites for hydroxylation is 1. The van der Waals surface area contributed by atoms with Crippen molar-refractivity contribution < 1.29 is 4.39 Å². The van der Waals surface area contributed by atoms with E-state index in [1.165, 1.54) is 0 Å². The van der Waals surface area contributed by atoms with Crippen molar-refractivity contribution in [2.45, 2.75) is 32.2 Å². The molecule has 1 atom stereocenters. The third-order valence-electron chi connectivity index (χ3n) is 8.42. The van der Waals surface area contributed by atoms with E-state index in [1.54, 1.807) is 6.07 Å². The van der Waals surface area contributed by atoms with E-state index in [9.17, 15) is 4.79 Å². The van der Waals surface area contributed by atoms with Crippen LogP contribution in [0.4, 0.5) is 10.1 Å². The summed E-state index contributed by atoms with van der Waals surface area (Å²) in [5.74, 6) is 0.600. The zero-order valence-corrected chi connectivity index (χ0v) is 21.4. The van der Waals surface area contributed by atoms with Gasteiger partial charge in [-0.25, -0.2) is 9.37 Å². The van der Waals surface area contributed by atoms with Gasteiger partial charge in [-0.15, -0.1) is 0 Å². The zero-order chi connectivity index (χ0) is 25.8. The fraction of sp³-hybridized carbons (Fsp3) is 0.290. The Balaban J connectivity index is 1.49. The van der Waals surface area contributed by atoms with Crippen molar-refractivity contribution in [1.82, 2.24) is 19.9 Å². The molecule has 0 aliphatic carbocycles. The average molecular weight is 508 g/mol. The molecule has 0 amide bonds. The summed E-state index contributed by atoms with van der Waals surface area (Å²) in [5, 5.41) is 4.10. The molecule has 3 aliphatic rings. The topological polar surface area (TPSA) is 76.8 Å². The van der Waals surface area contributed by atoms with Crippen LogP contribution in [0.5, 0.6) is 0 Å². The number of H-pyrrole nitrogens is 2. The maximum absolute atomic E-state index is 16.7. The number of aromatic nitrogens is 3. The lowest BCUT2D eigenvalue weighted by Crippen LogP contribution is -2.53. The molecule has 8 rings (SSSR count). The molecule has 5 heterocycles. The molecule has 3 aliphatic heterocycles. The van der Waals surface area contributed by atoms with Gasteiger partial charge in [0.1, 0.15) is 17.2 Å². The van der Waals surface area contributed by atoms with Crippen LogP contribution in [0.25, 0.3) is 44.5 Å². The quantitative estimate of drug-likeness (QED) is 0.275. The number of anilines is 1. The number of rotatable bonds is 5. The van der Waals surface area contributed by atoms with E-state index in [4.69, 9.17) is 4.98 Å². The highest BCUT2D eigenvalue weighted by atomic mass is 19.1. The van der Waals surface area contributed by atoms with Crippen LogP contribution in [-0.4, -0.2) is 45.5 Å². The largest absolute Gasteiger partial charge is 0.379 e. The van der Waals surface area contributed by atoms with Crippen LogP contribution in [0.1, 0.15) is 25.3 Å². The number of para-hydroxylation sites is 2. The molecule has 38 heavy (non-hydrogen) atoms. The Labute approximate surface area is 219 Å². The Kier molecular flexibility index (Phi) is 5.55. The lowest BCUT2D eigenvalue weighted by atomic mass is 9.83. The lowest BCUT2D eigenvalue weighted by Gasteiger charge is -2.45. The summed E-state index contributed by atoms with van der Waals surface area (Å²) in [6, 6.07) is 19.4. The predicted octanol–water partition coefficient (Wildman–Crippen LogP) is 5.95. The summed E-state index contributed by atoms with van der Waals surface area (Å²) < 4.78 is 16.7. The Hall–Kier alpha value is -3.97. The first-order valence-electron chi connectivity index (χ1n) is 13.5. The Bertz CT molecular complexity index is 1700. The fourth-order valence-corrected chi connectivity index (χ4v) is 6.40. The van der Waals surface area contributed by atoms with Gasteiger partial charge in [0.2, 0.25) is 0 Å². The van der Waals surface area contributed by atoms with Crippen LogP contribution >= 0.6 is 0 Å². The molecule has 5 aromatic rings. The number of halogens is 1. The maximum Gasteiger partial charge on any atom is 0.261 e. The zero-order valence-electron chi connectivity index (χ0n) is 21.4. The molecule has 0 unspecified atom stereocenters. The number of imidazole rings is 1. The van der Waals surface area contributed by atoms with Crippen molar-refractivity contribution in [3.8, 4) is 22.5 Å². The van der Waals surface area contributed by atoms with Crippen LogP contribution < -0.4 is 10.9 Å². The summed E-state index contributed by atoms with van der Waals surface area (Å²) in [6.07, 6.45) is 3.01. The van der Waals surface area contributed by atoms with Gasteiger partial charge in [-0.3, -0.25) is 4.79 Å². The Morgan fingerprint density at radius 2 is 1.76 bits per heavy atom. The summed E-state index contributed by atoms with van der Waals surface area (Å²) in [4.78, 5) is 27.1. The molecular weight excluding hydrogens is 477 g/mol. The molecule has 3 aromatic carbocycles. The van der Waals surface area contributed by atoms with E-state index in [1.807, 2.05) is 54.6 Å². The molecule has 3 saturated heterocycles. The molecule has 0 radical (unpaired) electrons. The van der Waals surface area contributed by atoms with Crippen molar-refractivity contribution in [2.75, 3.05) is 25.0 Å². The number of hydrogen-bond donors (Lipinski definition) is 3.